The second-order valence-corrected chi connectivity index (χ2v) is 7.97. The van der Waals surface area contributed by atoms with Crippen LogP contribution in [0.5, 0.6) is 0 Å². The van der Waals surface area contributed by atoms with Gasteiger partial charge >= 0.3 is 6.03 Å². The summed E-state index contributed by atoms with van der Waals surface area (Å²) in [6.45, 7) is 8.25. The zero-order valence-electron chi connectivity index (χ0n) is 18.6. The summed E-state index contributed by atoms with van der Waals surface area (Å²) in [6, 6.07) is 15.2. The van der Waals surface area contributed by atoms with Gasteiger partial charge in [0.2, 0.25) is 0 Å². The zero-order valence-corrected chi connectivity index (χ0v) is 18.6. The summed E-state index contributed by atoms with van der Waals surface area (Å²) in [6.07, 6.45) is 3.87. The number of hydrogen-bond donors (Lipinski definition) is 4. The maximum atomic E-state index is 12.8. The van der Waals surface area contributed by atoms with Gasteiger partial charge in [0.25, 0.3) is 5.91 Å². The van der Waals surface area contributed by atoms with Crippen LogP contribution in [0.3, 0.4) is 0 Å². The Morgan fingerprint density at radius 2 is 1.94 bits per heavy atom. The molecule has 4 rings (SSSR count). The van der Waals surface area contributed by atoms with Gasteiger partial charge in [0.05, 0.1) is 30.2 Å². The quantitative estimate of drug-likeness (QED) is 0.470. The number of carbonyl (C=O) groups excluding carboxylic acids is 2. The first kappa shape index (κ1) is 21.9. The normalized spacial score (nSPS) is 14.5. The van der Waals surface area contributed by atoms with Crippen molar-refractivity contribution in [1.82, 2.24) is 25.7 Å². The van der Waals surface area contributed by atoms with E-state index in [1.165, 1.54) is 5.56 Å². The molecule has 0 bridgehead atoms. The molecule has 0 spiro atoms. The van der Waals surface area contributed by atoms with Gasteiger partial charge in [-0.15, -0.1) is 0 Å². The van der Waals surface area contributed by atoms with E-state index in [2.05, 4.69) is 39.8 Å². The molecule has 5 N–H and O–H groups in total. The summed E-state index contributed by atoms with van der Waals surface area (Å²) in [5, 5.41) is 12.3. The van der Waals surface area contributed by atoms with Crippen LogP contribution >= 0.6 is 0 Å². The van der Waals surface area contributed by atoms with Crippen molar-refractivity contribution in [2.45, 2.75) is 26.4 Å². The summed E-state index contributed by atoms with van der Waals surface area (Å²) >= 11 is 0. The third-order valence-electron chi connectivity index (χ3n) is 5.65. The lowest BCUT2D eigenvalue weighted by Crippen LogP contribution is -2.47. The van der Waals surface area contributed by atoms with Gasteiger partial charge < -0.3 is 21.7 Å². The largest absolute Gasteiger partial charge is 0.395 e. The van der Waals surface area contributed by atoms with Crippen LogP contribution in [0.1, 0.15) is 29.7 Å². The van der Waals surface area contributed by atoms with Gasteiger partial charge in [-0.05, 0) is 36.1 Å². The fourth-order valence-corrected chi connectivity index (χ4v) is 3.89. The number of nitrogens with zero attached hydrogens (tertiary/aromatic N) is 2. The Kier molecular flexibility index (Phi) is 5.99. The van der Waals surface area contributed by atoms with Crippen molar-refractivity contribution in [2.75, 3.05) is 0 Å². The van der Waals surface area contributed by atoms with Crippen LogP contribution in [0.2, 0.25) is 0 Å². The smallest absolute Gasteiger partial charge is 0.323 e. The van der Waals surface area contributed by atoms with E-state index in [1.54, 1.807) is 0 Å². The van der Waals surface area contributed by atoms with Gasteiger partial charge in [-0.1, -0.05) is 55.1 Å². The van der Waals surface area contributed by atoms with Crippen molar-refractivity contribution in [3.05, 3.63) is 101 Å². The van der Waals surface area contributed by atoms with Crippen LogP contribution in [0.4, 0.5) is 4.79 Å². The molecule has 0 radical (unpaired) electrons. The molecular formula is C25H26N6O2. The number of aromatic nitrogens is 2. The Hall–Kier alpha value is -4.33. The fraction of sp³-hybridized carbons (Fsp3) is 0.160. The standard InChI is InChI=1S/C25H26N6O2/c1-15-20(16(2)28-24(32)23-22(26)17(3)29-25(33)30-23)10-7-11-21(15)19-12-27-31(14-19)13-18-8-5-4-6-9-18/h4-12,14,16H,3,13,26H2,1-2H3,(H,28,32)(H2,29,30,33)/t16-/m1/s1. The number of urea groups is 1. The highest BCUT2D eigenvalue weighted by Gasteiger charge is 2.25. The number of rotatable bonds is 6. The molecule has 8 nitrogen and oxygen atoms in total. The summed E-state index contributed by atoms with van der Waals surface area (Å²) in [5.41, 5.74) is 11.4. The molecule has 168 valence electrons. The maximum absolute atomic E-state index is 12.8. The number of amides is 3. The maximum Gasteiger partial charge on any atom is 0.323 e. The first-order valence-corrected chi connectivity index (χ1v) is 10.6. The van der Waals surface area contributed by atoms with Crippen LogP contribution in [0.15, 0.2) is 84.6 Å². The Bertz CT molecular complexity index is 1260. The van der Waals surface area contributed by atoms with E-state index in [-0.39, 0.29) is 23.1 Å². The van der Waals surface area contributed by atoms with Crippen LogP contribution in [-0.2, 0) is 11.3 Å². The number of nitrogens with two attached hydrogens (primary N) is 1. The molecule has 0 saturated heterocycles. The van der Waals surface area contributed by atoms with E-state index in [1.807, 2.05) is 67.3 Å². The summed E-state index contributed by atoms with van der Waals surface area (Å²) in [7, 11) is 0. The van der Waals surface area contributed by atoms with Crippen LogP contribution in [0.25, 0.3) is 11.1 Å². The Morgan fingerprint density at radius 3 is 2.70 bits per heavy atom. The molecule has 2 aromatic carbocycles. The summed E-state index contributed by atoms with van der Waals surface area (Å²) < 4.78 is 1.91. The SMILES string of the molecule is C=C1NC(=O)NC(C(=O)N[C@H](C)c2cccc(-c3cnn(Cc4ccccc4)c3)c2C)=C1N. The van der Waals surface area contributed by atoms with Crippen molar-refractivity contribution in [2.24, 2.45) is 5.73 Å². The van der Waals surface area contributed by atoms with Crippen LogP contribution < -0.4 is 21.7 Å². The Morgan fingerprint density at radius 1 is 1.18 bits per heavy atom. The molecule has 1 aliphatic rings. The third kappa shape index (κ3) is 4.64. The average molecular weight is 443 g/mol. The second-order valence-electron chi connectivity index (χ2n) is 7.97. The predicted molar refractivity (Wildman–Crippen MR) is 127 cm³/mol. The minimum Gasteiger partial charge on any atom is -0.395 e. The fourth-order valence-electron chi connectivity index (χ4n) is 3.89. The van der Waals surface area contributed by atoms with Gasteiger partial charge in [-0.25, -0.2) is 4.79 Å². The first-order chi connectivity index (χ1) is 15.8. The van der Waals surface area contributed by atoms with E-state index in [9.17, 15) is 9.59 Å². The van der Waals surface area contributed by atoms with E-state index in [4.69, 9.17) is 5.73 Å². The Balaban J connectivity index is 1.54. The lowest BCUT2D eigenvalue weighted by molar-refractivity contribution is -0.118. The topological polar surface area (TPSA) is 114 Å². The highest BCUT2D eigenvalue weighted by Crippen LogP contribution is 2.29. The molecule has 0 unspecified atom stereocenters. The first-order valence-electron chi connectivity index (χ1n) is 10.6. The molecule has 0 saturated carbocycles. The lowest BCUT2D eigenvalue weighted by Gasteiger charge is -2.23. The molecule has 33 heavy (non-hydrogen) atoms. The Labute approximate surface area is 192 Å². The lowest BCUT2D eigenvalue weighted by atomic mass is 9.94. The average Bonchev–Trinajstić information content (AvgIpc) is 3.25. The molecule has 0 aliphatic carbocycles. The van der Waals surface area contributed by atoms with Gasteiger partial charge in [0, 0.05) is 11.8 Å². The van der Waals surface area contributed by atoms with Crippen LogP contribution in [0, 0.1) is 6.92 Å². The minimum atomic E-state index is -0.544. The summed E-state index contributed by atoms with van der Waals surface area (Å²) in [5.74, 6) is -0.475. The van der Waals surface area contributed by atoms with E-state index >= 15 is 0 Å². The van der Waals surface area contributed by atoms with Crippen molar-refractivity contribution in [3.63, 3.8) is 0 Å². The number of benzene rings is 2. The van der Waals surface area contributed by atoms with Crippen LogP contribution in [-0.4, -0.2) is 21.7 Å². The molecule has 0 fully saturated rings. The highest BCUT2D eigenvalue weighted by molar-refractivity contribution is 6.00. The van der Waals surface area contributed by atoms with Crippen molar-refractivity contribution < 1.29 is 9.59 Å². The van der Waals surface area contributed by atoms with Crippen molar-refractivity contribution in [1.29, 1.82) is 0 Å². The van der Waals surface area contributed by atoms with Gasteiger partial charge in [-0.3, -0.25) is 9.48 Å². The second kappa shape index (κ2) is 9.04. The van der Waals surface area contributed by atoms with Crippen molar-refractivity contribution >= 4 is 11.9 Å². The van der Waals surface area contributed by atoms with Gasteiger partial charge in [0.1, 0.15) is 5.70 Å². The van der Waals surface area contributed by atoms with Gasteiger partial charge in [-0.2, -0.15) is 5.10 Å². The molecule has 3 aromatic rings. The zero-order chi connectivity index (χ0) is 23.5. The third-order valence-corrected chi connectivity index (χ3v) is 5.65. The molecule has 8 heteroatoms. The number of hydrogen-bond acceptors (Lipinski definition) is 4. The molecule has 3 amide bonds. The number of nitrogens with one attached hydrogen (secondary N) is 3. The molecular weight excluding hydrogens is 416 g/mol. The molecule has 1 aliphatic heterocycles. The number of carbonyl (C=O) groups is 2. The van der Waals surface area contributed by atoms with E-state index in [0.29, 0.717) is 6.54 Å². The monoisotopic (exact) mass is 442 g/mol. The van der Waals surface area contributed by atoms with Crippen molar-refractivity contribution in [3.8, 4) is 11.1 Å². The molecule has 1 aromatic heterocycles. The minimum absolute atomic E-state index is 0.00778. The summed E-state index contributed by atoms with van der Waals surface area (Å²) in [4.78, 5) is 24.5. The molecule has 2 heterocycles. The van der Waals surface area contributed by atoms with E-state index < -0.39 is 11.9 Å². The van der Waals surface area contributed by atoms with Gasteiger partial charge in [0.15, 0.2) is 0 Å². The highest BCUT2D eigenvalue weighted by atomic mass is 16.2. The van der Waals surface area contributed by atoms with E-state index in [0.717, 1.165) is 22.3 Å². The predicted octanol–water partition coefficient (Wildman–Crippen LogP) is 3.08. The molecule has 1 atom stereocenters.